The van der Waals surface area contributed by atoms with Gasteiger partial charge < -0.3 is 14.6 Å². The van der Waals surface area contributed by atoms with Gasteiger partial charge in [0.05, 0.1) is 12.3 Å². The molecule has 9 nitrogen and oxygen atoms in total. The molecule has 0 bridgehead atoms. The summed E-state index contributed by atoms with van der Waals surface area (Å²) < 4.78 is 11.3. The van der Waals surface area contributed by atoms with Gasteiger partial charge in [-0.2, -0.15) is 0 Å². The van der Waals surface area contributed by atoms with Gasteiger partial charge in [0.25, 0.3) is 11.8 Å². The molecule has 4 amide bonds. The molecule has 0 spiro atoms. The molecule has 10 heteroatoms. The lowest BCUT2D eigenvalue weighted by Crippen LogP contribution is -2.54. The number of imide groups is 2. The van der Waals surface area contributed by atoms with Gasteiger partial charge in [0.2, 0.25) is 0 Å². The first-order valence-electron chi connectivity index (χ1n) is 9.08. The first-order chi connectivity index (χ1) is 14.8. The SMILES string of the molecule is CCOc1cc(/C=C2\C(=O)NC(=O)N(c3cccc(Br)c3)C2=O)ccc1OCC(=O)O. The van der Waals surface area contributed by atoms with E-state index < -0.39 is 30.4 Å². The predicted octanol–water partition coefficient (Wildman–Crippen LogP) is 2.98. The summed E-state index contributed by atoms with van der Waals surface area (Å²) in [4.78, 5) is 49.2. The molecule has 1 aliphatic rings. The smallest absolute Gasteiger partial charge is 0.341 e. The van der Waals surface area contributed by atoms with Gasteiger partial charge in [-0.05, 0) is 48.9 Å². The Morgan fingerprint density at radius 1 is 1.13 bits per heavy atom. The highest BCUT2D eigenvalue weighted by molar-refractivity contribution is 9.10. The van der Waals surface area contributed by atoms with Crippen LogP contribution in [0.1, 0.15) is 12.5 Å². The van der Waals surface area contributed by atoms with Crippen LogP contribution in [0, 0.1) is 0 Å². The van der Waals surface area contributed by atoms with Crippen LogP contribution in [0.4, 0.5) is 10.5 Å². The number of carbonyl (C=O) groups is 4. The average Bonchev–Trinajstić information content (AvgIpc) is 2.70. The van der Waals surface area contributed by atoms with Crippen LogP contribution in [0.2, 0.25) is 0 Å². The highest BCUT2D eigenvalue weighted by atomic mass is 79.9. The van der Waals surface area contributed by atoms with E-state index in [1.807, 2.05) is 0 Å². The molecule has 1 fully saturated rings. The van der Waals surface area contributed by atoms with Gasteiger partial charge in [-0.3, -0.25) is 14.9 Å². The number of carbonyl (C=O) groups excluding carboxylic acids is 3. The number of anilines is 1. The fraction of sp³-hybridized carbons (Fsp3) is 0.143. The standard InChI is InChI=1S/C21H17BrN2O7/c1-2-30-17-9-12(6-7-16(17)31-11-18(25)26)8-15-19(27)23-21(29)24(20(15)28)14-5-3-4-13(22)10-14/h3-10H,2,11H2,1H3,(H,25,26)(H,23,27,29)/b15-8+. The van der Waals surface area contributed by atoms with Crippen molar-refractivity contribution in [3.05, 3.63) is 58.1 Å². The molecular weight excluding hydrogens is 472 g/mol. The van der Waals surface area contributed by atoms with Crippen LogP contribution in [0.5, 0.6) is 11.5 Å². The van der Waals surface area contributed by atoms with Crippen molar-refractivity contribution in [2.45, 2.75) is 6.92 Å². The minimum Gasteiger partial charge on any atom is -0.490 e. The van der Waals surface area contributed by atoms with Gasteiger partial charge >= 0.3 is 12.0 Å². The second-order valence-electron chi connectivity index (χ2n) is 6.26. The summed E-state index contributed by atoms with van der Waals surface area (Å²) >= 11 is 3.29. The monoisotopic (exact) mass is 488 g/mol. The van der Waals surface area contributed by atoms with Crippen LogP contribution in [-0.4, -0.2) is 42.1 Å². The van der Waals surface area contributed by atoms with E-state index in [2.05, 4.69) is 21.2 Å². The number of amides is 4. The minimum absolute atomic E-state index is 0.205. The quantitative estimate of drug-likeness (QED) is 0.453. The van der Waals surface area contributed by atoms with E-state index in [-0.39, 0.29) is 23.7 Å². The number of urea groups is 1. The highest BCUT2D eigenvalue weighted by Crippen LogP contribution is 2.30. The average molecular weight is 489 g/mol. The van der Waals surface area contributed by atoms with Crippen LogP contribution >= 0.6 is 15.9 Å². The van der Waals surface area contributed by atoms with Gasteiger partial charge in [-0.15, -0.1) is 0 Å². The molecule has 0 saturated carbocycles. The van der Waals surface area contributed by atoms with Crippen LogP contribution in [0.25, 0.3) is 6.08 Å². The van der Waals surface area contributed by atoms with E-state index >= 15 is 0 Å². The molecule has 2 aromatic rings. The minimum atomic E-state index is -1.14. The third kappa shape index (κ3) is 5.10. The van der Waals surface area contributed by atoms with Crippen molar-refractivity contribution in [3.8, 4) is 11.5 Å². The van der Waals surface area contributed by atoms with E-state index in [9.17, 15) is 19.2 Å². The summed E-state index contributed by atoms with van der Waals surface area (Å²) in [6.07, 6.45) is 1.32. The number of hydrogen-bond donors (Lipinski definition) is 2. The fourth-order valence-electron chi connectivity index (χ4n) is 2.82. The predicted molar refractivity (Wildman–Crippen MR) is 114 cm³/mol. The van der Waals surface area contributed by atoms with E-state index in [0.29, 0.717) is 15.7 Å². The number of barbiturate groups is 1. The third-order valence-corrected chi connectivity index (χ3v) is 4.59. The molecule has 1 heterocycles. The van der Waals surface area contributed by atoms with E-state index in [0.717, 1.165) is 4.90 Å². The van der Waals surface area contributed by atoms with Gasteiger partial charge in [-0.1, -0.05) is 28.1 Å². The molecule has 160 valence electrons. The molecule has 2 N–H and O–H groups in total. The van der Waals surface area contributed by atoms with Crippen molar-refractivity contribution in [3.63, 3.8) is 0 Å². The third-order valence-electron chi connectivity index (χ3n) is 4.10. The Balaban J connectivity index is 1.96. The van der Waals surface area contributed by atoms with E-state index in [1.165, 1.54) is 24.3 Å². The Hall–Kier alpha value is -3.66. The molecule has 2 aromatic carbocycles. The van der Waals surface area contributed by atoms with Crippen molar-refractivity contribution < 1.29 is 33.8 Å². The Morgan fingerprint density at radius 3 is 2.58 bits per heavy atom. The lowest BCUT2D eigenvalue weighted by atomic mass is 10.1. The number of carboxylic acids is 1. The maximum absolute atomic E-state index is 13.0. The first kappa shape index (κ1) is 22.0. The van der Waals surface area contributed by atoms with Crippen molar-refractivity contribution in [2.75, 3.05) is 18.1 Å². The zero-order valence-corrected chi connectivity index (χ0v) is 17.8. The second-order valence-corrected chi connectivity index (χ2v) is 7.17. The van der Waals surface area contributed by atoms with Gasteiger partial charge in [0.15, 0.2) is 18.1 Å². The number of hydrogen-bond acceptors (Lipinski definition) is 6. The molecule has 31 heavy (non-hydrogen) atoms. The number of rotatable bonds is 7. The molecule has 0 unspecified atom stereocenters. The number of aliphatic carboxylic acids is 1. The van der Waals surface area contributed by atoms with E-state index in [1.54, 1.807) is 31.2 Å². The molecule has 0 radical (unpaired) electrons. The Labute approximate surface area is 185 Å². The molecule has 0 aliphatic carbocycles. The maximum atomic E-state index is 13.0. The summed E-state index contributed by atoms with van der Waals surface area (Å²) in [5, 5.41) is 10.9. The van der Waals surface area contributed by atoms with Crippen molar-refractivity contribution in [1.29, 1.82) is 0 Å². The highest BCUT2D eigenvalue weighted by Gasteiger charge is 2.36. The van der Waals surface area contributed by atoms with Crippen LogP contribution < -0.4 is 19.7 Å². The topological polar surface area (TPSA) is 122 Å². The van der Waals surface area contributed by atoms with Gasteiger partial charge in [-0.25, -0.2) is 14.5 Å². The van der Waals surface area contributed by atoms with Crippen molar-refractivity contribution in [1.82, 2.24) is 5.32 Å². The normalized spacial score (nSPS) is 15.1. The Bertz CT molecular complexity index is 1100. The van der Waals surface area contributed by atoms with Gasteiger partial charge in [0, 0.05) is 4.47 Å². The zero-order chi connectivity index (χ0) is 22.5. The lowest BCUT2D eigenvalue weighted by Gasteiger charge is -2.26. The largest absolute Gasteiger partial charge is 0.490 e. The first-order valence-corrected chi connectivity index (χ1v) is 9.88. The van der Waals surface area contributed by atoms with E-state index in [4.69, 9.17) is 14.6 Å². The molecule has 0 atom stereocenters. The number of carboxylic acid groups (broad SMARTS) is 1. The summed E-state index contributed by atoms with van der Waals surface area (Å²) in [5.41, 5.74) is 0.470. The summed E-state index contributed by atoms with van der Waals surface area (Å²) in [6, 6.07) is 10.2. The summed E-state index contributed by atoms with van der Waals surface area (Å²) in [6.45, 7) is 1.48. The van der Waals surface area contributed by atoms with Crippen LogP contribution in [0.15, 0.2) is 52.5 Å². The molecule has 1 saturated heterocycles. The Morgan fingerprint density at radius 2 is 1.90 bits per heavy atom. The van der Waals surface area contributed by atoms with Crippen LogP contribution in [-0.2, 0) is 14.4 Å². The molecule has 0 aromatic heterocycles. The van der Waals surface area contributed by atoms with Crippen molar-refractivity contribution >= 4 is 51.5 Å². The lowest BCUT2D eigenvalue weighted by molar-refractivity contribution is -0.139. The van der Waals surface area contributed by atoms with Crippen molar-refractivity contribution in [2.24, 2.45) is 0 Å². The zero-order valence-electron chi connectivity index (χ0n) is 16.3. The number of nitrogens with zero attached hydrogens (tertiary/aromatic N) is 1. The number of nitrogens with one attached hydrogen (secondary N) is 1. The fourth-order valence-corrected chi connectivity index (χ4v) is 3.20. The number of benzene rings is 2. The summed E-state index contributed by atoms with van der Waals surface area (Å²) in [5.74, 6) is -2.30. The van der Waals surface area contributed by atoms with Crippen LogP contribution in [0.3, 0.4) is 0 Å². The van der Waals surface area contributed by atoms with Gasteiger partial charge in [0.1, 0.15) is 5.57 Å². The molecule has 1 aliphatic heterocycles. The summed E-state index contributed by atoms with van der Waals surface area (Å²) in [7, 11) is 0. The maximum Gasteiger partial charge on any atom is 0.341 e. The molecular formula is C21H17BrN2O7. The molecule has 3 rings (SSSR count). The number of halogens is 1. The Kier molecular flexibility index (Phi) is 6.71. The number of ether oxygens (including phenoxy) is 2. The second kappa shape index (κ2) is 9.43.